The molecule has 0 aliphatic carbocycles. The van der Waals surface area contributed by atoms with Crippen molar-refractivity contribution in [2.45, 2.75) is 13.3 Å². The molecule has 0 aromatic carbocycles. The molecule has 0 radical (unpaired) electrons. The Morgan fingerprint density at radius 1 is 1.36 bits per heavy atom. The molecule has 0 aromatic heterocycles. The zero-order valence-electron chi connectivity index (χ0n) is 6.40. The van der Waals surface area contributed by atoms with Crippen LogP contribution in [0.25, 0.3) is 0 Å². The Morgan fingerprint density at radius 2 is 2.00 bits per heavy atom. The molecule has 0 fully saturated rings. The highest BCUT2D eigenvalue weighted by atomic mass is 32.2. The minimum absolute atomic E-state index is 0.207. The molecule has 0 aliphatic rings. The second-order valence-electron chi connectivity index (χ2n) is 2.03. The van der Waals surface area contributed by atoms with Gasteiger partial charge >= 0.3 is 0 Å². The standard InChI is InChI=1S/C7H12O3S/c1-2-3-4-5-6-7-11(8,9)10/h2-5H,6-7H2,1H3,(H,8,9,10). The Morgan fingerprint density at radius 3 is 2.45 bits per heavy atom. The van der Waals surface area contributed by atoms with E-state index in [4.69, 9.17) is 4.55 Å². The molecule has 0 heterocycles. The summed E-state index contributed by atoms with van der Waals surface area (Å²) in [6.07, 6.45) is 7.41. The van der Waals surface area contributed by atoms with E-state index < -0.39 is 10.1 Å². The predicted molar refractivity (Wildman–Crippen MR) is 45.0 cm³/mol. The fraction of sp³-hybridized carbons (Fsp3) is 0.429. The summed E-state index contributed by atoms with van der Waals surface area (Å²) < 4.78 is 28.6. The largest absolute Gasteiger partial charge is 0.286 e. The molecule has 0 bridgehead atoms. The average Bonchev–Trinajstić information content (AvgIpc) is 1.85. The van der Waals surface area contributed by atoms with Gasteiger partial charge in [-0.2, -0.15) is 8.42 Å². The van der Waals surface area contributed by atoms with Crippen LogP contribution in [-0.4, -0.2) is 18.7 Å². The summed E-state index contributed by atoms with van der Waals surface area (Å²) in [5, 5.41) is 0. The summed E-state index contributed by atoms with van der Waals surface area (Å²) in [6.45, 7) is 1.87. The minimum atomic E-state index is -3.79. The third kappa shape index (κ3) is 9.39. The van der Waals surface area contributed by atoms with E-state index in [0.29, 0.717) is 6.42 Å². The predicted octanol–water partition coefficient (Wildman–Crippen LogP) is 1.40. The van der Waals surface area contributed by atoms with E-state index >= 15 is 0 Å². The molecule has 3 nitrogen and oxygen atoms in total. The quantitative estimate of drug-likeness (QED) is 0.520. The maximum absolute atomic E-state index is 10.2. The molecule has 0 unspecified atom stereocenters. The zero-order valence-corrected chi connectivity index (χ0v) is 7.21. The normalized spacial score (nSPS) is 13.3. The van der Waals surface area contributed by atoms with E-state index in [1.54, 1.807) is 18.2 Å². The first kappa shape index (κ1) is 10.4. The second-order valence-corrected chi connectivity index (χ2v) is 3.60. The lowest BCUT2D eigenvalue weighted by Gasteiger charge is -1.88. The van der Waals surface area contributed by atoms with E-state index in [1.165, 1.54) is 0 Å². The van der Waals surface area contributed by atoms with Gasteiger partial charge in [0.25, 0.3) is 10.1 Å². The molecule has 0 saturated carbocycles. The Kier molecular flexibility index (Phi) is 4.81. The molecular formula is C7H12O3S. The summed E-state index contributed by atoms with van der Waals surface area (Å²) in [5.41, 5.74) is 0. The van der Waals surface area contributed by atoms with Crippen molar-refractivity contribution in [3.05, 3.63) is 24.3 Å². The van der Waals surface area contributed by atoms with Crippen molar-refractivity contribution in [1.82, 2.24) is 0 Å². The van der Waals surface area contributed by atoms with Crippen LogP contribution < -0.4 is 0 Å². The van der Waals surface area contributed by atoms with E-state index in [9.17, 15) is 8.42 Å². The van der Waals surface area contributed by atoms with Crippen molar-refractivity contribution in [3.63, 3.8) is 0 Å². The molecule has 4 heteroatoms. The molecule has 1 N–H and O–H groups in total. The van der Waals surface area contributed by atoms with Crippen molar-refractivity contribution in [1.29, 1.82) is 0 Å². The maximum atomic E-state index is 10.2. The highest BCUT2D eigenvalue weighted by Crippen LogP contribution is 1.90. The minimum Gasteiger partial charge on any atom is -0.286 e. The molecule has 0 atom stereocenters. The highest BCUT2D eigenvalue weighted by molar-refractivity contribution is 7.85. The third-order valence-corrected chi connectivity index (χ3v) is 1.73. The van der Waals surface area contributed by atoms with E-state index in [0.717, 1.165) is 0 Å². The van der Waals surface area contributed by atoms with Gasteiger partial charge in [0.05, 0.1) is 5.75 Å². The number of allylic oxidation sites excluding steroid dienone is 4. The maximum Gasteiger partial charge on any atom is 0.265 e. The lowest BCUT2D eigenvalue weighted by molar-refractivity contribution is 0.483. The molecule has 0 amide bonds. The lowest BCUT2D eigenvalue weighted by atomic mass is 10.4. The van der Waals surface area contributed by atoms with Gasteiger partial charge in [-0.3, -0.25) is 4.55 Å². The number of hydrogen-bond acceptors (Lipinski definition) is 2. The second kappa shape index (κ2) is 5.09. The van der Waals surface area contributed by atoms with Crippen LogP contribution in [0.3, 0.4) is 0 Å². The van der Waals surface area contributed by atoms with Crippen LogP contribution in [0.5, 0.6) is 0 Å². The van der Waals surface area contributed by atoms with Crippen molar-refractivity contribution < 1.29 is 13.0 Å². The Bertz CT molecular complexity index is 236. The summed E-state index contributed by atoms with van der Waals surface area (Å²) >= 11 is 0. The highest BCUT2D eigenvalue weighted by Gasteiger charge is 1.99. The Labute approximate surface area is 67.2 Å². The molecule has 0 spiro atoms. The van der Waals surface area contributed by atoms with Crippen molar-refractivity contribution in [2.24, 2.45) is 0 Å². The molecule has 0 aromatic rings. The molecule has 0 aliphatic heterocycles. The summed E-state index contributed by atoms with van der Waals surface area (Å²) in [6, 6.07) is 0. The summed E-state index contributed by atoms with van der Waals surface area (Å²) in [7, 11) is -3.79. The van der Waals surface area contributed by atoms with Crippen molar-refractivity contribution in [3.8, 4) is 0 Å². The van der Waals surface area contributed by atoms with Gasteiger partial charge in [-0.05, 0) is 13.3 Å². The average molecular weight is 176 g/mol. The molecule has 11 heavy (non-hydrogen) atoms. The van der Waals surface area contributed by atoms with Gasteiger partial charge in [0.15, 0.2) is 0 Å². The van der Waals surface area contributed by atoms with Crippen LogP contribution >= 0.6 is 0 Å². The fourth-order valence-electron chi connectivity index (χ4n) is 0.503. The third-order valence-electron chi connectivity index (χ3n) is 0.982. The van der Waals surface area contributed by atoms with Crippen LogP contribution in [0.15, 0.2) is 24.3 Å². The first-order chi connectivity index (χ1) is 5.06. The van der Waals surface area contributed by atoms with Crippen LogP contribution in [0.1, 0.15) is 13.3 Å². The summed E-state index contributed by atoms with van der Waals surface area (Å²) in [5.74, 6) is -0.207. The monoisotopic (exact) mass is 176 g/mol. The molecule has 64 valence electrons. The van der Waals surface area contributed by atoms with Crippen LogP contribution in [0, 0.1) is 0 Å². The van der Waals surface area contributed by atoms with Gasteiger partial charge in [0.2, 0.25) is 0 Å². The van der Waals surface area contributed by atoms with Gasteiger partial charge in [0.1, 0.15) is 0 Å². The van der Waals surface area contributed by atoms with Crippen molar-refractivity contribution in [2.75, 3.05) is 5.75 Å². The smallest absolute Gasteiger partial charge is 0.265 e. The number of rotatable bonds is 4. The fourth-order valence-corrected chi connectivity index (χ4v) is 0.937. The van der Waals surface area contributed by atoms with Gasteiger partial charge < -0.3 is 0 Å². The first-order valence-corrected chi connectivity index (χ1v) is 4.90. The van der Waals surface area contributed by atoms with Crippen molar-refractivity contribution >= 4 is 10.1 Å². The van der Waals surface area contributed by atoms with Gasteiger partial charge in [-0.1, -0.05) is 24.3 Å². The lowest BCUT2D eigenvalue weighted by Crippen LogP contribution is -2.01. The first-order valence-electron chi connectivity index (χ1n) is 3.29. The van der Waals surface area contributed by atoms with Gasteiger partial charge in [-0.15, -0.1) is 0 Å². The Hall–Kier alpha value is -0.610. The van der Waals surface area contributed by atoms with E-state index in [1.807, 2.05) is 13.0 Å². The van der Waals surface area contributed by atoms with E-state index in [-0.39, 0.29) is 5.75 Å². The molecule has 0 rings (SSSR count). The van der Waals surface area contributed by atoms with Gasteiger partial charge in [0, 0.05) is 0 Å². The van der Waals surface area contributed by atoms with Crippen LogP contribution in [0.2, 0.25) is 0 Å². The number of hydrogen-bond donors (Lipinski definition) is 1. The Balaban J connectivity index is 3.59. The molecule has 0 saturated heterocycles. The van der Waals surface area contributed by atoms with E-state index in [2.05, 4.69) is 0 Å². The topological polar surface area (TPSA) is 54.4 Å². The molecular weight excluding hydrogens is 164 g/mol. The SMILES string of the molecule is CC=CC=CCCS(=O)(=O)O. The zero-order chi connectivity index (χ0) is 8.74. The van der Waals surface area contributed by atoms with Gasteiger partial charge in [-0.25, -0.2) is 0 Å². The summed E-state index contributed by atoms with van der Waals surface area (Å²) in [4.78, 5) is 0. The van der Waals surface area contributed by atoms with Crippen LogP contribution in [0.4, 0.5) is 0 Å². The van der Waals surface area contributed by atoms with Crippen LogP contribution in [-0.2, 0) is 10.1 Å².